The maximum atomic E-state index is 13.2. The number of hydrogen-bond acceptors (Lipinski definition) is 4. The molecule has 0 amide bonds. The van der Waals surface area contributed by atoms with Crippen LogP contribution in [0.3, 0.4) is 0 Å². The van der Waals surface area contributed by atoms with E-state index in [-0.39, 0.29) is 30.0 Å². The molecule has 0 saturated carbocycles. The van der Waals surface area contributed by atoms with Crippen LogP contribution in [0.2, 0.25) is 5.02 Å². The maximum absolute atomic E-state index is 13.2. The highest BCUT2D eigenvalue weighted by atomic mass is 35.5. The van der Waals surface area contributed by atoms with E-state index in [0.29, 0.717) is 17.1 Å². The first kappa shape index (κ1) is 13.7. The predicted octanol–water partition coefficient (Wildman–Crippen LogP) is 3.47. The Hall–Kier alpha value is -2.27. The van der Waals surface area contributed by atoms with Crippen LogP contribution in [-0.2, 0) is 0 Å². The summed E-state index contributed by atoms with van der Waals surface area (Å²) in [4.78, 5) is 12.0. The van der Waals surface area contributed by atoms with E-state index in [9.17, 15) is 9.18 Å². The smallest absolute Gasteiger partial charge is 0.231 e. The molecule has 0 spiro atoms. The summed E-state index contributed by atoms with van der Waals surface area (Å²) in [7, 11) is 0. The quantitative estimate of drug-likeness (QED) is 0.811. The molecule has 1 aliphatic rings. The number of fused-ring (bicyclic) bond motifs is 1. The van der Waals surface area contributed by atoms with Gasteiger partial charge in [-0.25, -0.2) is 4.39 Å². The number of halogens is 2. The molecule has 0 bridgehead atoms. The molecule has 4 nitrogen and oxygen atoms in total. The fourth-order valence-electron chi connectivity index (χ4n) is 1.87. The first-order valence-electron chi connectivity index (χ1n) is 6.14. The van der Waals surface area contributed by atoms with E-state index in [1.54, 1.807) is 18.2 Å². The summed E-state index contributed by atoms with van der Waals surface area (Å²) < 4.78 is 28.9. The fraction of sp³-hybridized carbons (Fsp3) is 0.133. The number of Topliss-reactive ketones (excluding diaryl/α,β-unsaturated/α-hetero) is 1. The van der Waals surface area contributed by atoms with Crippen molar-refractivity contribution in [2.24, 2.45) is 0 Å². The van der Waals surface area contributed by atoms with Crippen molar-refractivity contribution in [3.8, 4) is 17.2 Å². The summed E-state index contributed by atoms with van der Waals surface area (Å²) >= 11 is 5.57. The molecule has 108 valence electrons. The number of rotatable bonds is 4. The highest BCUT2D eigenvalue weighted by Crippen LogP contribution is 2.32. The second-order valence-corrected chi connectivity index (χ2v) is 4.76. The van der Waals surface area contributed by atoms with Gasteiger partial charge in [0, 0.05) is 11.6 Å². The lowest BCUT2D eigenvalue weighted by atomic mass is 10.1. The highest BCUT2D eigenvalue weighted by molar-refractivity contribution is 6.30. The summed E-state index contributed by atoms with van der Waals surface area (Å²) in [6, 6.07) is 8.89. The largest absolute Gasteiger partial charge is 0.485 e. The summed E-state index contributed by atoms with van der Waals surface area (Å²) in [5.74, 6) is 0.532. The molecule has 2 aromatic carbocycles. The third kappa shape index (κ3) is 2.92. The lowest BCUT2D eigenvalue weighted by molar-refractivity contribution is 0.0921. The molecule has 6 heteroatoms. The zero-order chi connectivity index (χ0) is 14.8. The van der Waals surface area contributed by atoms with Crippen LogP contribution in [-0.4, -0.2) is 19.2 Å². The highest BCUT2D eigenvalue weighted by Gasteiger charge is 2.16. The van der Waals surface area contributed by atoms with Gasteiger partial charge in [-0.05, 0) is 30.3 Å². The van der Waals surface area contributed by atoms with Gasteiger partial charge in [0.05, 0.1) is 5.02 Å². The van der Waals surface area contributed by atoms with Gasteiger partial charge in [0.2, 0.25) is 6.79 Å². The van der Waals surface area contributed by atoms with E-state index in [1.165, 1.54) is 12.1 Å². The van der Waals surface area contributed by atoms with E-state index < -0.39 is 5.82 Å². The van der Waals surface area contributed by atoms with Crippen LogP contribution >= 0.6 is 11.6 Å². The molecule has 0 saturated heterocycles. The van der Waals surface area contributed by atoms with Crippen LogP contribution in [0.15, 0.2) is 36.4 Å². The molecule has 0 radical (unpaired) electrons. The molecule has 3 rings (SSSR count). The Morgan fingerprint density at radius 1 is 1.19 bits per heavy atom. The van der Waals surface area contributed by atoms with E-state index in [4.69, 9.17) is 25.8 Å². The van der Waals surface area contributed by atoms with Gasteiger partial charge in [0.25, 0.3) is 0 Å². The molecule has 0 fully saturated rings. The summed E-state index contributed by atoms with van der Waals surface area (Å²) in [5, 5.41) is 0.00412. The van der Waals surface area contributed by atoms with Crippen molar-refractivity contribution in [3.05, 3.63) is 52.8 Å². The Morgan fingerprint density at radius 3 is 2.81 bits per heavy atom. The SMILES string of the molecule is O=C(COc1ccc(Cl)c(F)c1)c1ccc2c(c1)OCO2. The first-order valence-corrected chi connectivity index (χ1v) is 6.52. The lowest BCUT2D eigenvalue weighted by Crippen LogP contribution is -2.11. The van der Waals surface area contributed by atoms with Crippen molar-refractivity contribution >= 4 is 17.4 Å². The number of hydrogen-bond donors (Lipinski definition) is 0. The van der Waals surface area contributed by atoms with Crippen LogP contribution in [0.25, 0.3) is 0 Å². The van der Waals surface area contributed by atoms with Gasteiger partial charge < -0.3 is 14.2 Å². The molecule has 0 unspecified atom stereocenters. The van der Waals surface area contributed by atoms with Crippen molar-refractivity contribution in [1.29, 1.82) is 0 Å². The number of ketones is 1. The Kier molecular flexibility index (Phi) is 3.66. The molecular weight excluding hydrogens is 299 g/mol. The van der Waals surface area contributed by atoms with Gasteiger partial charge >= 0.3 is 0 Å². The molecule has 2 aromatic rings. The molecule has 1 heterocycles. The summed E-state index contributed by atoms with van der Waals surface area (Å²) in [6.45, 7) is -0.0613. The number of benzene rings is 2. The third-order valence-corrected chi connectivity index (χ3v) is 3.26. The fourth-order valence-corrected chi connectivity index (χ4v) is 1.99. The van der Waals surface area contributed by atoms with Crippen molar-refractivity contribution in [2.75, 3.05) is 13.4 Å². The molecular formula is C15H10ClFO4. The zero-order valence-electron chi connectivity index (χ0n) is 10.8. The summed E-state index contributed by atoms with van der Waals surface area (Å²) in [6.07, 6.45) is 0. The van der Waals surface area contributed by atoms with E-state index in [0.717, 1.165) is 6.07 Å². The van der Waals surface area contributed by atoms with Gasteiger partial charge in [0.15, 0.2) is 23.9 Å². The number of carbonyl (C=O) groups excluding carboxylic acids is 1. The first-order chi connectivity index (χ1) is 10.1. The normalized spacial score (nSPS) is 12.3. The van der Waals surface area contributed by atoms with Gasteiger partial charge in [0.1, 0.15) is 11.6 Å². The van der Waals surface area contributed by atoms with E-state index in [2.05, 4.69) is 0 Å². The Bertz CT molecular complexity index is 702. The maximum Gasteiger partial charge on any atom is 0.231 e. The monoisotopic (exact) mass is 308 g/mol. The molecule has 21 heavy (non-hydrogen) atoms. The predicted molar refractivity (Wildman–Crippen MR) is 73.8 cm³/mol. The average Bonchev–Trinajstić information content (AvgIpc) is 2.95. The van der Waals surface area contributed by atoms with Crippen molar-refractivity contribution in [1.82, 2.24) is 0 Å². The topological polar surface area (TPSA) is 44.8 Å². The van der Waals surface area contributed by atoms with Crippen LogP contribution in [0.4, 0.5) is 4.39 Å². The minimum atomic E-state index is -0.593. The number of ether oxygens (including phenoxy) is 3. The van der Waals surface area contributed by atoms with Crippen molar-refractivity contribution in [3.63, 3.8) is 0 Å². The minimum Gasteiger partial charge on any atom is -0.485 e. The van der Waals surface area contributed by atoms with Gasteiger partial charge in [-0.2, -0.15) is 0 Å². The van der Waals surface area contributed by atoms with Gasteiger partial charge in [-0.15, -0.1) is 0 Å². The molecule has 0 N–H and O–H groups in total. The lowest BCUT2D eigenvalue weighted by Gasteiger charge is -2.06. The minimum absolute atomic E-state index is 0.00412. The van der Waals surface area contributed by atoms with Crippen molar-refractivity contribution in [2.45, 2.75) is 0 Å². The van der Waals surface area contributed by atoms with E-state index in [1.807, 2.05) is 0 Å². The van der Waals surface area contributed by atoms with Crippen LogP contribution < -0.4 is 14.2 Å². The Morgan fingerprint density at radius 2 is 2.00 bits per heavy atom. The second kappa shape index (κ2) is 5.61. The number of carbonyl (C=O) groups is 1. The van der Waals surface area contributed by atoms with Crippen molar-refractivity contribution < 1.29 is 23.4 Å². The van der Waals surface area contributed by atoms with Crippen LogP contribution in [0.5, 0.6) is 17.2 Å². The average molecular weight is 309 g/mol. The van der Waals surface area contributed by atoms with Crippen LogP contribution in [0.1, 0.15) is 10.4 Å². The molecule has 0 aromatic heterocycles. The van der Waals surface area contributed by atoms with Gasteiger partial charge in [-0.3, -0.25) is 4.79 Å². The zero-order valence-corrected chi connectivity index (χ0v) is 11.5. The molecule has 1 aliphatic heterocycles. The van der Waals surface area contributed by atoms with Crippen LogP contribution in [0, 0.1) is 5.82 Å². The Balaban J connectivity index is 1.67. The molecule has 0 aliphatic carbocycles. The molecule has 0 atom stereocenters. The third-order valence-electron chi connectivity index (χ3n) is 2.96. The summed E-state index contributed by atoms with van der Waals surface area (Å²) in [5.41, 5.74) is 0.439. The standard InChI is InChI=1S/C15H10ClFO4/c16-11-3-2-10(6-12(11)17)19-7-13(18)9-1-4-14-15(5-9)21-8-20-14/h1-6H,7-8H2. The van der Waals surface area contributed by atoms with E-state index >= 15 is 0 Å². The second-order valence-electron chi connectivity index (χ2n) is 4.36. The Labute approximate surface area is 125 Å². The van der Waals surface area contributed by atoms with Gasteiger partial charge in [-0.1, -0.05) is 11.6 Å².